The topological polar surface area (TPSA) is 17.8 Å². The van der Waals surface area contributed by atoms with Gasteiger partial charge in [-0.1, -0.05) is 115 Å². The van der Waals surface area contributed by atoms with E-state index in [4.69, 9.17) is 4.98 Å². The summed E-state index contributed by atoms with van der Waals surface area (Å²) >= 11 is 0. The molecule has 0 unspecified atom stereocenters. The second-order valence-corrected chi connectivity index (χ2v) is 8.60. The number of benzene rings is 5. The van der Waals surface area contributed by atoms with E-state index in [1.807, 2.05) is 6.07 Å². The maximum absolute atomic E-state index is 5.29. The molecule has 162 valence electrons. The van der Waals surface area contributed by atoms with Gasteiger partial charge >= 0.3 is 0 Å². The van der Waals surface area contributed by atoms with Gasteiger partial charge in [0, 0.05) is 22.4 Å². The van der Waals surface area contributed by atoms with Crippen molar-refractivity contribution in [2.24, 2.45) is 0 Å². The van der Waals surface area contributed by atoms with Crippen LogP contribution in [0.4, 0.5) is 0 Å². The Morgan fingerprint density at radius 3 is 1.82 bits per heavy atom. The lowest BCUT2D eigenvalue weighted by atomic mass is 10.0. The average molecular weight is 437 g/mol. The fourth-order valence-electron chi connectivity index (χ4n) is 4.61. The van der Waals surface area contributed by atoms with E-state index in [9.17, 15) is 0 Å². The summed E-state index contributed by atoms with van der Waals surface area (Å²) < 4.78 is 2.30. The third-order valence-corrected chi connectivity index (χ3v) is 6.24. The number of aromatic nitrogens is 2. The van der Waals surface area contributed by atoms with Gasteiger partial charge in [-0.05, 0) is 35.9 Å². The number of aryl methyl sites for hydroxylation is 1. The van der Waals surface area contributed by atoms with Crippen molar-refractivity contribution in [2.45, 2.75) is 6.92 Å². The lowest BCUT2D eigenvalue weighted by molar-refractivity contribution is 1.07. The number of imidazole rings is 1. The van der Waals surface area contributed by atoms with Gasteiger partial charge in [-0.2, -0.15) is 0 Å². The summed E-state index contributed by atoms with van der Waals surface area (Å²) in [5.74, 6) is 0.936. The number of fused-ring (bicyclic) bond motifs is 1. The highest BCUT2D eigenvalue weighted by atomic mass is 15.1. The van der Waals surface area contributed by atoms with E-state index in [1.165, 1.54) is 16.3 Å². The standard InChI is InChI=1S/C32H24N2/c1-23-17-18-27-22-28(20-19-26(27)21-23)32-33-30(24-11-5-2-6-12-24)31(25-13-7-3-8-14-25)34(32)29-15-9-4-10-16-29/h2-22H,1H3. The van der Waals surface area contributed by atoms with E-state index in [0.717, 1.165) is 39.6 Å². The molecule has 0 N–H and O–H groups in total. The number of hydrogen-bond acceptors (Lipinski definition) is 1. The highest BCUT2D eigenvalue weighted by Crippen LogP contribution is 2.39. The molecule has 0 saturated carbocycles. The molecular formula is C32H24N2. The monoisotopic (exact) mass is 436 g/mol. The smallest absolute Gasteiger partial charge is 0.145 e. The molecular weight excluding hydrogens is 412 g/mol. The molecule has 5 aromatic carbocycles. The molecule has 0 fully saturated rings. The Labute approximate surface area is 199 Å². The summed E-state index contributed by atoms with van der Waals surface area (Å²) in [7, 11) is 0. The zero-order valence-electron chi connectivity index (χ0n) is 19.0. The SMILES string of the molecule is Cc1ccc2cc(-c3nc(-c4ccccc4)c(-c4ccccc4)n3-c3ccccc3)ccc2c1. The fourth-order valence-corrected chi connectivity index (χ4v) is 4.61. The van der Waals surface area contributed by atoms with Gasteiger partial charge < -0.3 is 0 Å². The van der Waals surface area contributed by atoms with Crippen LogP contribution in [0.25, 0.3) is 50.4 Å². The Kier molecular flexibility index (Phi) is 5.04. The van der Waals surface area contributed by atoms with Crippen molar-refractivity contribution in [1.82, 2.24) is 9.55 Å². The van der Waals surface area contributed by atoms with Crippen LogP contribution in [0, 0.1) is 6.92 Å². The van der Waals surface area contributed by atoms with E-state index in [2.05, 4.69) is 133 Å². The molecule has 0 atom stereocenters. The van der Waals surface area contributed by atoms with Gasteiger partial charge in [0.2, 0.25) is 0 Å². The van der Waals surface area contributed by atoms with E-state index < -0.39 is 0 Å². The number of hydrogen-bond donors (Lipinski definition) is 0. The summed E-state index contributed by atoms with van der Waals surface area (Å²) in [4.78, 5) is 5.29. The van der Waals surface area contributed by atoms with Gasteiger partial charge in [0.1, 0.15) is 5.82 Å². The van der Waals surface area contributed by atoms with Crippen LogP contribution in [0.15, 0.2) is 127 Å². The first kappa shape index (κ1) is 20.2. The molecule has 34 heavy (non-hydrogen) atoms. The first-order valence-electron chi connectivity index (χ1n) is 11.6. The number of nitrogens with zero attached hydrogens (tertiary/aromatic N) is 2. The van der Waals surface area contributed by atoms with Crippen LogP contribution in [0.1, 0.15) is 5.56 Å². The molecule has 0 aliphatic rings. The van der Waals surface area contributed by atoms with Crippen molar-refractivity contribution in [3.8, 4) is 39.6 Å². The predicted molar refractivity (Wildman–Crippen MR) is 142 cm³/mol. The molecule has 1 aromatic heterocycles. The minimum absolute atomic E-state index is 0.936. The Bertz CT molecular complexity index is 1580. The van der Waals surface area contributed by atoms with Crippen molar-refractivity contribution < 1.29 is 0 Å². The van der Waals surface area contributed by atoms with Crippen LogP contribution in [0.3, 0.4) is 0 Å². The van der Waals surface area contributed by atoms with E-state index >= 15 is 0 Å². The first-order valence-corrected chi connectivity index (χ1v) is 11.6. The molecule has 2 heteroatoms. The third-order valence-electron chi connectivity index (χ3n) is 6.24. The summed E-state index contributed by atoms with van der Waals surface area (Å²) in [6.07, 6.45) is 0. The Balaban J connectivity index is 1.69. The maximum Gasteiger partial charge on any atom is 0.145 e. The number of para-hydroxylation sites is 1. The number of rotatable bonds is 4. The maximum atomic E-state index is 5.29. The Hall–Kier alpha value is -4.43. The van der Waals surface area contributed by atoms with Crippen molar-refractivity contribution in [1.29, 1.82) is 0 Å². The summed E-state index contributed by atoms with van der Waals surface area (Å²) in [6.45, 7) is 2.13. The minimum atomic E-state index is 0.936. The lowest BCUT2D eigenvalue weighted by Gasteiger charge is -2.14. The van der Waals surface area contributed by atoms with Gasteiger partial charge in [-0.25, -0.2) is 4.98 Å². The Morgan fingerprint density at radius 1 is 0.529 bits per heavy atom. The molecule has 0 bridgehead atoms. The van der Waals surface area contributed by atoms with Crippen LogP contribution in [0.2, 0.25) is 0 Å². The largest absolute Gasteiger partial charge is 0.292 e. The summed E-state index contributed by atoms with van der Waals surface area (Å²) in [5, 5.41) is 2.46. The van der Waals surface area contributed by atoms with Crippen molar-refractivity contribution >= 4 is 10.8 Å². The predicted octanol–water partition coefficient (Wildman–Crippen LogP) is 8.33. The van der Waals surface area contributed by atoms with Gasteiger partial charge in [0.25, 0.3) is 0 Å². The van der Waals surface area contributed by atoms with Crippen LogP contribution in [0.5, 0.6) is 0 Å². The van der Waals surface area contributed by atoms with Gasteiger partial charge in [-0.3, -0.25) is 4.57 Å². The van der Waals surface area contributed by atoms with Crippen LogP contribution in [-0.4, -0.2) is 9.55 Å². The van der Waals surface area contributed by atoms with E-state index in [0.29, 0.717) is 0 Å². The summed E-state index contributed by atoms with van der Waals surface area (Å²) in [5.41, 5.74) is 7.78. The molecule has 0 aliphatic carbocycles. The van der Waals surface area contributed by atoms with Gasteiger partial charge in [0.15, 0.2) is 0 Å². The zero-order chi connectivity index (χ0) is 22.9. The highest BCUT2D eigenvalue weighted by molar-refractivity contribution is 5.89. The molecule has 0 aliphatic heterocycles. The highest BCUT2D eigenvalue weighted by Gasteiger charge is 2.22. The molecule has 0 saturated heterocycles. The minimum Gasteiger partial charge on any atom is -0.292 e. The van der Waals surface area contributed by atoms with Crippen molar-refractivity contribution in [3.05, 3.63) is 133 Å². The molecule has 0 spiro atoms. The Morgan fingerprint density at radius 2 is 1.12 bits per heavy atom. The fraction of sp³-hybridized carbons (Fsp3) is 0.0312. The zero-order valence-corrected chi connectivity index (χ0v) is 19.0. The van der Waals surface area contributed by atoms with Crippen molar-refractivity contribution in [2.75, 3.05) is 0 Å². The van der Waals surface area contributed by atoms with Crippen LogP contribution < -0.4 is 0 Å². The van der Waals surface area contributed by atoms with Gasteiger partial charge in [-0.15, -0.1) is 0 Å². The van der Waals surface area contributed by atoms with Crippen LogP contribution in [-0.2, 0) is 0 Å². The molecule has 6 rings (SSSR count). The lowest BCUT2D eigenvalue weighted by Crippen LogP contribution is -2.00. The van der Waals surface area contributed by atoms with E-state index in [1.54, 1.807) is 0 Å². The summed E-state index contributed by atoms with van der Waals surface area (Å²) in [6, 6.07) is 44.8. The molecule has 0 radical (unpaired) electrons. The third kappa shape index (κ3) is 3.60. The van der Waals surface area contributed by atoms with Gasteiger partial charge in [0.05, 0.1) is 11.4 Å². The molecule has 0 amide bonds. The molecule has 1 heterocycles. The van der Waals surface area contributed by atoms with Crippen molar-refractivity contribution in [3.63, 3.8) is 0 Å². The normalized spacial score (nSPS) is 11.1. The van der Waals surface area contributed by atoms with E-state index in [-0.39, 0.29) is 0 Å². The second kappa shape index (κ2) is 8.49. The average Bonchev–Trinajstić information content (AvgIpc) is 3.31. The molecule has 6 aromatic rings. The second-order valence-electron chi connectivity index (χ2n) is 8.60. The van der Waals surface area contributed by atoms with Crippen LogP contribution >= 0.6 is 0 Å². The quantitative estimate of drug-likeness (QED) is 0.271. The molecule has 2 nitrogen and oxygen atoms in total. The first-order chi connectivity index (χ1) is 16.8.